The summed E-state index contributed by atoms with van der Waals surface area (Å²) < 4.78 is 0. The molecule has 0 saturated carbocycles. The highest BCUT2D eigenvalue weighted by Gasteiger charge is 2.19. The van der Waals surface area contributed by atoms with Crippen LogP contribution in [-0.4, -0.2) is 17.1 Å². The van der Waals surface area contributed by atoms with Crippen LogP contribution in [0.15, 0.2) is 5.29 Å². The molecule has 0 aromatic carbocycles. The third-order valence-corrected chi connectivity index (χ3v) is 1.09. The minimum Gasteiger partial charge on any atom is -0.242 e. The van der Waals surface area contributed by atoms with E-state index in [1.54, 1.807) is 0 Å². The Balaban J connectivity index is 4.10. The van der Waals surface area contributed by atoms with Gasteiger partial charge in [-0.1, -0.05) is 0 Å². The van der Waals surface area contributed by atoms with Gasteiger partial charge in [0.25, 0.3) is 0 Å². The first-order chi connectivity index (χ1) is 4.52. The standard InChI is InChI=1S/C6H11N3O/c1-6(2,3)9(8-10)5-4-7/h5H2,1-3H3. The summed E-state index contributed by atoms with van der Waals surface area (Å²) in [5, 5.41) is 12.2. The van der Waals surface area contributed by atoms with Crippen LogP contribution in [0.25, 0.3) is 0 Å². The van der Waals surface area contributed by atoms with Crippen LogP contribution in [0.4, 0.5) is 0 Å². The summed E-state index contributed by atoms with van der Waals surface area (Å²) in [7, 11) is 0. The second-order valence-electron chi connectivity index (χ2n) is 2.97. The fourth-order valence-corrected chi connectivity index (χ4v) is 0.455. The van der Waals surface area contributed by atoms with Crippen LogP contribution in [0.2, 0.25) is 0 Å². The summed E-state index contributed by atoms with van der Waals surface area (Å²) in [6.07, 6.45) is 0. The Morgan fingerprint density at radius 3 is 2.20 bits per heavy atom. The number of nitroso groups, excluding NO2 is 1. The van der Waals surface area contributed by atoms with Crippen molar-refractivity contribution in [1.82, 2.24) is 5.01 Å². The second-order valence-corrected chi connectivity index (χ2v) is 2.97. The van der Waals surface area contributed by atoms with Gasteiger partial charge < -0.3 is 0 Å². The molecule has 0 amide bonds. The molecule has 0 heterocycles. The smallest absolute Gasteiger partial charge is 0.127 e. The molecule has 4 nitrogen and oxygen atoms in total. The van der Waals surface area contributed by atoms with E-state index in [4.69, 9.17) is 5.26 Å². The van der Waals surface area contributed by atoms with Crippen molar-refractivity contribution < 1.29 is 0 Å². The second kappa shape index (κ2) is 3.16. The topological polar surface area (TPSA) is 56.5 Å². The maximum atomic E-state index is 10.1. The van der Waals surface area contributed by atoms with E-state index in [2.05, 4.69) is 5.29 Å². The van der Waals surface area contributed by atoms with Crippen molar-refractivity contribution in [2.75, 3.05) is 6.54 Å². The third-order valence-electron chi connectivity index (χ3n) is 1.09. The molecule has 0 N–H and O–H groups in total. The van der Waals surface area contributed by atoms with Crippen LogP contribution < -0.4 is 0 Å². The van der Waals surface area contributed by atoms with E-state index in [1.807, 2.05) is 26.8 Å². The van der Waals surface area contributed by atoms with Gasteiger partial charge in [0.15, 0.2) is 0 Å². The molecule has 0 aromatic rings. The van der Waals surface area contributed by atoms with Gasteiger partial charge in [-0.05, 0) is 20.8 Å². The van der Waals surface area contributed by atoms with E-state index in [0.29, 0.717) is 0 Å². The van der Waals surface area contributed by atoms with Gasteiger partial charge in [-0.25, -0.2) is 5.01 Å². The Hall–Kier alpha value is -1.11. The summed E-state index contributed by atoms with van der Waals surface area (Å²) in [5.74, 6) is 0. The van der Waals surface area contributed by atoms with Gasteiger partial charge in [0, 0.05) is 0 Å². The van der Waals surface area contributed by atoms with Crippen molar-refractivity contribution >= 4 is 0 Å². The molecular formula is C6H11N3O. The minimum atomic E-state index is -0.350. The molecule has 0 rings (SSSR count). The van der Waals surface area contributed by atoms with Gasteiger partial charge >= 0.3 is 0 Å². The van der Waals surface area contributed by atoms with Gasteiger partial charge in [0.1, 0.15) is 6.54 Å². The minimum absolute atomic E-state index is 0.0486. The Morgan fingerprint density at radius 2 is 2.10 bits per heavy atom. The van der Waals surface area contributed by atoms with E-state index in [-0.39, 0.29) is 12.1 Å². The summed E-state index contributed by atoms with van der Waals surface area (Å²) in [6, 6.07) is 1.86. The monoisotopic (exact) mass is 141 g/mol. The fraction of sp³-hybridized carbons (Fsp3) is 0.833. The molecule has 0 unspecified atom stereocenters. The quantitative estimate of drug-likeness (QED) is 0.331. The van der Waals surface area contributed by atoms with Crippen molar-refractivity contribution in [3.05, 3.63) is 4.91 Å². The molecule has 0 fully saturated rings. The number of hydrogen-bond acceptors (Lipinski definition) is 3. The Kier molecular flexibility index (Phi) is 2.81. The Bertz CT molecular complexity index is 153. The highest BCUT2D eigenvalue weighted by Crippen LogP contribution is 2.11. The van der Waals surface area contributed by atoms with Crippen molar-refractivity contribution in [2.24, 2.45) is 5.29 Å². The largest absolute Gasteiger partial charge is 0.242 e. The van der Waals surface area contributed by atoms with E-state index in [0.717, 1.165) is 0 Å². The van der Waals surface area contributed by atoms with Gasteiger partial charge in [-0.3, -0.25) is 0 Å². The summed E-state index contributed by atoms with van der Waals surface area (Å²) >= 11 is 0. The number of hydrogen-bond donors (Lipinski definition) is 0. The molecule has 0 atom stereocenters. The van der Waals surface area contributed by atoms with E-state index < -0.39 is 0 Å². The highest BCUT2D eigenvalue weighted by molar-refractivity contribution is 4.82. The first kappa shape index (κ1) is 8.89. The van der Waals surface area contributed by atoms with E-state index in [1.165, 1.54) is 5.01 Å². The zero-order valence-corrected chi connectivity index (χ0v) is 6.46. The Morgan fingerprint density at radius 1 is 1.60 bits per heavy atom. The molecule has 10 heavy (non-hydrogen) atoms. The molecule has 0 spiro atoms. The summed E-state index contributed by atoms with van der Waals surface area (Å²) in [6.45, 7) is 5.52. The van der Waals surface area contributed by atoms with Gasteiger partial charge in [0.2, 0.25) is 0 Å². The third kappa shape index (κ3) is 2.44. The van der Waals surface area contributed by atoms with Crippen LogP contribution in [0.1, 0.15) is 20.8 Å². The first-order valence-electron chi connectivity index (χ1n) is 3.00. The molecule has 0 aliphatic heterocycles. The predicted octanol–water partition coefficient (Wildman–Crippen LogP) is 1.29. The maximum absolute atomic E-state index is 10.1. The molecule has 0 bridgehead atoms. The molecule has 0 saturated heterocycles. The zero-order chi connectivity index (χ0) is 8.20. The van der Waals surface area contributed by atoms with Gasteiger partial charge in [-0.15, -0.1) is 4.91 Å². The molecule has 0 radical (unpaired) electrons. The lowest BCUT2D eigenvalue weighted by Gasteiger charge is -2.26. The van der Waals surface area contributed by atoms with Gasteiger partial charge in [-0.2, -0.15) is 5.26 Å². The molecule has 0 aliphatic carbocycles. The predicted molar refractivity (Wildman–Crippen MR) is 37.9 cm³/mol. The van der Waals surface area contributed by atoms with Crippen LogP contribution in [0.5, 0.6) is 0 Å². The zero-order valence-electron chi connectivity index (χ0n) is 6.46. The van der Waals surface area contributed by atoms with Crippen LogP contribution in [0, 0.1) is 16.2 Å². The molecule has 0 aromatic heterocycles. The van der Waals surface area contributed by atoms with Crippen molar-refractivity contribution in [1.29, 1.82) is 5.26 Å². The van der Waals surface area contributed by atoms with Crippen LogP contribution in [-0.2, 0) is 0 Å². The lowest BCUT2D eigenvalue weighted by atomic mass is 10.1. The molecule has 56 valence electrons. The van der Waals surface area contributed by atoms with Gasteiger partial charge in [0.05, 0.1) is 16.9 Å². The first-order valence-corrected chi connectivity index (χ1v) is 3.00. The van der Waals surface area contributed by atoms with Crippen LogP contribution >= 0.6 is 0 Å². The molecular weight excluding hydrogens is 130 g/mol. The van der Waals surface area contributed by atoms with E-state index in [9.17, 15) is 4.91 Å². The fourth-order valence-electron chi connectivity index (χ4n) is 0.455. The van der Waals surface area contributed by atoms with Crippen molar-refractivity contribution in [3.8, 4) is 6.07 Å². The lowest BCUT2D eigenvalue weighted by molar-refractivity contribution is 0.160. The normalized spacial score (nSPS) is 10.2. The SMILES string of the molecule is CC(C)(C)N(CC#N)N=O. The number of nitrogens with zero attached hydrogens (tertiary/aromatic N) is 3. The lowest BCUT2D eigenvalue weighted by Crippen LogP contribution is -2.36. The molecule has 0 aliphatic rings. The Labute approximate surface area is 60.4 Å². The van der Waals surface area contributed by atoms with Crippen molar-refractivity contribution in [2.45, 2.75) is 26.3 Å². The highest BCUT2D eigenvalue weighted by atomic mass is 16.3. The number of rotatable bonds is 2. The maximum Gasteiger partial charge on any atom is 0.127 e. The summed E-state index contributed by atoms with van der Waals surface area (Å²) in [5.41, 5.74) is -0.350. The van der Waals surface area contributed by atoms with E-state index >= 15 is 0 Å². The summed E-state index contributed by atoms with van der Waals surface area (Å²) in [4.78, 5) is 10.1. The van der Waals surface area contributed by atoms with Crippen LogP contribution in [0.3, 0.4) is 0 Å². The average molecular weight is 141 g/mol. The van der Waals surface area contributed by atoms with Crippen molar-refractivity contribution in [3.63, 3.8) is 0 Å². The number of nitriles is 1. The average Bonchev–Trinajstić information content (AvgIpc) is 1.80. The molecule has 4 heteroatoms.